The fraction of sp³-hybridized carbons (Fsp3) is 0.909. The van der Waals surface area contributed by atoms with Gasteiger partial charge in [0.1, 0.15) is 5.78 Å². The number of ketones is 1. The monoisotopic (exact) mass is 186 g/mol. The standard InChI is InChI=1S/C11H22O2/c1-6-9(7-2)10(12)8-11(3,4)13-5/h9H,6-8H2,1-5H3. The lowest BCUT2D eigenvalue weighted by Gasteiger charge is -2.24. The lowest BCUT2D eigenvalue weighted by atomic mass is 9.90. The highest BCUT2D eigenvalue weighted by Crippen LogP contribution is 2.19. The van der Waals surface area contributed by atoms with E-state index in [1.165, 1.54) is 0 Å². The van der Waals surface area contributed by atoms with Crippen LogP contribution in [0.2, 0.25) is 0 Å². The molecule has 0 aliphatic heterocycles. The molecule has 0 atom stereocenters. The Kier molecular flexibility index (Phi) is 5.23. The van der Waals surface area contributed by atoms with Crippen molar-refractivity contribution in [3.05, 3.63) is 0 Å². The maximum atomic E-state index is 11.7. The highest BCUT2D eigenvalue weighted by atomic mass is 16.5. The van der Waals surface area contributed by atoms with Crippen LogP contribution in [0.15, 0.2) is 0 Å². The Morgan fingerprint density at radius 3 is 2.08 bits per heavy atom. The Hall–Kier alpha value is -0.370. The molecule has 78 valence electrons. The van der Waals surface area contributed by atoms with Gasteiger partial charge in [-0.3, -0.25) is 4.79 Å². The Labute approximate surface area is 81.7 Å². The van der Waals surface area contributed by atoms with E-state index in [-0.39, 0.29) is 11.5 Å². The van der Waals surface area contributed by atoms with Crippen LogP contribution in [0, 0.1) is 5.92 Å². The first-order chi connectivity index (χ1) is 5.96. The van der Waals surface area contributed by atoms with Crippen LogP contribution >= 0.6 is 0 Å². The average molecular weight is 186 g/mol. The number of carbonyl (C=O) groups excluding carboxylic acids is 1. The Balaban J connectivity index is 4.13. The molecule has 0 rings (SSSR count). The van der Waals surface area contributed by atoms with E-state index in [0.717, 1.165) is 12.8 Å². The van der Waals surface area contributed by atoms with E-state index in [2.05, 4.69) is 13.8 Å². The lowest BCUT2D eigenvalue weighted by Crippen LogP contribution is -2.29. The number of methoxy groups -OCH3 is 1. The van der Waals surface area contributed by atoms with Crippen molar-refractivity contribution < 1.29 is 9.53 Å². The summed E-state index contributed by atoms with van der Waals surface area (Å²) in [6, 6.07) is 0. The first kappa shape index (κ1) is 12.6. The summed E-state index contributed by atoms with van der Waals surface area (Å²) in [6.07, 6.45) is 2.40. The number of rotatable bonds is 6. The second kappa shape index (κ2) is 5.38. The van der Waals surface area contributed by atoms with Gasteiger partial charge >= 0.3 is 0 Å². The molecule has 0 N–H and O–H groups in total. The summed E-state index contributed by atoms with van der Waals surface area (Å²) in [5, 5.41) is 0. The van der Waals surface area contributed by atoms with Gasteiger partial charge < -0.3 is 4.74 Å². The van der Waals surface area contributed by atoms with Crippen LogP contribution in [0.25, 0.3) is 0 Å². The van der Waals surface area contributed by atoms with Crippen LogP contribution in [0.3, 0.4) is 0 Å². The van der Waals surface area contributed by atoms with Crippen LogP contribution in [0.1, 0.15) is 47.0 Å². The number of carbonyl (C=O) groups is 1. The maximum absolute atomic E-state index is 11.7. The highest BCUT2D eigenvalue weighted by Gasteiger charge is 2.24. The van der Waals surface area contributed by atoms with Crippen LogP contribution in [-0.4, -0.2) is 18.5 Å². The molecule has 0 heterocycles. The van der Waals surface area contributed by atoms with Crippen molar-refractivity contribution >= 4 is 5.78 Å². The van der Waals surface area contributed by atoms with Gasteiger partial charge in [-0.25, -0.2) is 0 Å². The van der Waals surface area contributed by atoms with Gasteiger partial charge in [-0.15, -0.1) is 0 Å². The fourth-order valence-electron chi connectivity index (χ4n) is 1.38. The van der Waals surface area contributed by atoms with E-state index < -0.39 is 0 Å². The predicted octanol–water partition coefficient (Wildman–Crippen LogP) is 2.81. The van der Waals surface area contributed by atoms with Gasteiger partial charge in [0, 0.05) is 19.4 Å². The van der Waals surface area contributed by atoms with Crippen molar-refractivity contribution in [3.8, 4) is 0 Å². The van der Waals surface area contributed by atoms with Gasteiger partial charge in [0.25, 0.3) is 0 Å². The van der Waals surface area contributed by atoms with E-state index in [4.69, 9.17) is 4.74 Å². The van der Waals surface area contributed by atoms with E-state index >= 15 is 0 Å². The molecular formula is C11H22O2. The third-order valence-electron chi connectivity index (χ3n) is 2.59. The predicted molar refractivity (Wildman–Crippen MR) is 54.8 cm³/mol. The minimum atomic E-state index is -0.306. The Morgan fingerprint density at radius 1 is 1.31 bits per heavy atom. The molecule has 0 fully saturated rings. The van der Waals surface area contributed by atoms with E-state index in [0.29, 0.717) is 12.2 Å². The topological polar surface area (TPSA) is 26.3 Å². The summed E-state index contributed by atoms with van der Waals surface area (Å²) in [7, 11) is 1.65. The van der Waals surface area contributed by atoms with Crippen LogP contribution in [0.4, 0.5) is 0 Å². The number of hydrogen-bond donors (Lipinski definition) is 0. The van der Waals surface area contributed by atoms with E-state index in [1.54, 1.807) is 7.11 Å². The summed E-state index contributed by atoms with van der Waals surface area (Å²) in [5.74, 6) is 0.547. The molecule has 0 amide bonds. The smallest absolute Gasteiger partial charge is 0.138 e. The van der Waals surface area contributed by atoms with Crippen molar-refractivity contribution in [2.45, 2.75) is 52.6 Å². The van der Waals surface area contributed by atoms with Crippen LogP contribution in [-0.2, 0) is 9.53 Å². The molecule has 0 aliphatic rings. The van der Waals surface area contributed by atoms with Gasteiger partial charge in [-0.05, 0) is 26.7 Å². The van der Waals surface area contributed by atoms with Crippen LogP contribution < -0.4 is 0 Å². The summed E-state index contributed by atoms with van der Waals surface area (Å²) < 4.78 is 5.23. The second-order valence-corrected chi connectivity index (χ2v) is 4.12. The number of ether oxygens (including phenoxy) is 1. The van der Waals surface area contributed by atoms with Gasteiger partial charge in [-0.1, -0.05) is 13.8 Å². The Bertz CT molecular complexity index is 157. The summed E-state index contributed by atoms with van der Waals surface area (Å²) in [6.45, 7) is 8.03. The molecule has 0 radical (unpaired) electrons. The number of hydrogen-bond acceptors (Lipinski definition) is 2. The SMILES string of the molecule is CCC(CC)C(=O)CC(C)(C)OC. The fourth-order valence-corrected chi connectivity index (χ4v) is 1.38. The molecule has 0 saturated carbocycles. The van der Waals surface area contributed by atoms with Crippen LogP contribution in [0.5, 0.6) is 0 Å². The minimum absolute atomic E-state index is 0.217. The molecule has 13 heavy (non-hydrogen) atoms. The van der Waals surface area contributed by atoms with Gasteiger partial charge in [0.15, 0.2) is 0 Å². The van der Waals surface area contributed by atoms with E-state index in [1.807, 2.05) is 13.8 Å². The summed E-state index contributed by atoms with van der Waals surface area (Å²) in [5.41, 5.74) is -0.306. The number of Topliss-reactive ketones (excluding diaryl/α,β-unsaturated/α-hetero) is 1. The normalized spacial score (nSPS) is 12.2. The molecule has 0 aromatic heterocycles. The molecule has 2 nitrogen and oxygen atoms in total. The maximum Gasteiger partial charge on any atom is 0.138 e. The molecular weight excluding hydrogens is 164 g/mol. The van der Waals surface area contributed by atoms with Gasteiger partial charge in [0.2, 0.25) is 0 Å². The first-order valence-electron chi connectivity index (χ1n) is 5.04. The van der Waals surface area contributed by atoms with Crippen molar-refractivity contribution in [2.24, 2.45) is 5.92 Å². The molecule has 2 heteroatoms. The van der Waals surface area contributed by atoms with E-state index in [9.17, 15) is 4.79 Å². The molecule has 0 saturated heterocycles. The third kappa shape index (κ3) is 4.41. The van der Waals surface area contributed by atoms with Crippen molar-refractivity contribution in [2.75, 3.05) is 7.11 Å². The molecule has 0 spiro atoms. The average Bonchev–Trinajstić information content (AvgIpc) is 2.06. The van der Waals surface area contributed by atoms with Crippen molar-refractivity contribution in [3.63, 3.8) is 0 Å². The first-order valence-corrected chi connectivity index (χ1v) is 5.04. The van der Waals surface area contributed by atoms with Gasteiger partial charge in [-0.2, -0.15) is 0 Å². The third-order valence-corrected chi connectivity index (χ3v) is 2.59. The molecule has 0 aliphatic carbocycles. The zero-order valence-electron chi connectivity index (χ0n) is 9.52. The second-order valence-electron chi connectivity index (χ2n) is 4.12. The zero-order valence-corrected chi connectivity index (χ0v) is 9.52. The Morgan fingerprint density at radius 2 is 1.77 bits per heavy atom. The lowest BCUT2D eigenvalue weighted by molar-refractivity contribution is -0.128. The van der Waals surface area contributed by atoms with Gasteiger partial charge in [0.05, 0.1) is 5.60 Å². The molecule has 0 bridgehead atoms. The highest BCUT2D eigenvalue weighted by molar-refractivity contribution is 5.81. The largest absolute Gasteiger partial charge is 0.378 e. The minimum Gasteiger partial charge on any atom is -0.378 e. The quantitative estimate of drug-likeness (QED) is 0.637. The summed E-state index contributed by atoms with van der Waals surface area (Å²) in [4.78, 5) is 11.7. The van der Waals surface area contributed by atoms with Crippen molar-refractivity contribution in [1.29, 1.82) is 0 Å². The molecule has 0 unspecified atom stereocenters. The van der Waals surface area contributed by atoms with Crippen molar-refractivity contribution in [1.82, 2.24) is 0 Å². The zero-order chi connectivity index (χ0) is 10.5. The summed E-state index contributed by atoms with van der Waals surface area (Å²) >= 11 is 0. The molecule has 0 aromatic carbocycles. The molecule has 0 aromatic rings.